The van der Waals surface area contributed by atoms with E-state index in [9.17, 15) is 4.79 Å². The molecule has 0 saturated heterocycles. The van der Waals surface area contributed by atoms with Crippen molar-refractivity contribution < 1.29 is 0 Å². The van der Waals surface area contributed by atoms with Gasteiger partial charge in [0.05, 0.1) is 0 Å². The summed E-state index contributed by atoms with van der Waals surface area (Å²) in [5.74, 6) is 0.472. The lowest BCUT2D eigenvalue weighted by molar-refractivity contribution is 0.423. The summed E-state index contributed by atoms with van der Waals surface area (Å²) in [5.41, 5.74) is 1.15. The molecule has 0 aliphatic heterocycles. The van der Waals surface area contributed by atoms with Crippen molar-refractivity contribution >= 4 is 23.2 Å². The Bertz CT molecular complexity index is 592. The largest absolute Gasteiger partial charge is 0.328 e. The van der Waals surface area contributed by atoms with Gasteiger partial charge in [-0.05, 0) is 29.5 Å². The van der Waals surface area contributed by atoms with E-state index in [1.165, 1.54) is 5.56 Å². The number of nitrogens with one attached hydrogen (secondary N) is 2. The Hall–Kier alpha value is -1.32. The van der Waals surface area contributed by atoms with Crippen molar-refractivity contribution in [3.63, 3.8) is 0 Å². The summed E-state index contributed by atoms with van der Waals surface area (Å²) in [6.45, 7) is 7.39. The van der Waals surface area contributed by atoms with Crippen molar-refractivity contribution in [2.24, 2.45) is 5.92 Å². The minimum atomic E-state index is -0.0200. The van der Waals surface area contributed by atoms with Gasteiger partial charge in [0.1, 0.15) is 0 Å². The molecule has 0 aliphatic carbocycles. The van der Waals surface area contributed by atoms with Crippen molar-refractivity contribution in [1.82, 2.24) is 10.3 Å². The highest BCUT2D eigenvalue weighted by Gasteiger charge is 2.17. The Morgan fingerprint density at radius 3 is 2.42 bits per heavy atom. The molecule has 0 radical (unpaired) electrons. The standard InChI is InChI=1S/C15H20N2O.ClH/c1-4-16-14(10(2)3)13-9-17-15(18)12-8-6-5-7-11(12)13;/h5-10,14,16H,4H2,1-3H3,(H,17,18);1H. The fourth-order valence-corrected chi connectivity index (χ4v) is 2.41. The SMILES string of the molecule is CCNC(c1c[nH]c(=O)c2ccccc12)C(C)C.Cl. The molecule has 1 heterocycles. The molecule has 0 fully saturated rings. The van der Waals surface area contributed by atoms with Gasteiger partial charge in [-0.25, -0.2) is 0 Å². The van der Waals surface area contributed by atoms with Gasteiger partial charge in [0.25, 0.3) is 5.56 Å². The number of rotatable bonds is 4. The van der Waals surface area contributed by atoms with E-state index in [4.69, 9.17) is 0 Å². The van der Waals surface area contributed by atoms with Crippen LogP contribution < -0.4 is 10.9 Å². The third-order valence-electron chi connectivity index (χ3n) is 3.27. The van der Waals surface area contributed by atoms with E-state index >= 15 is 0 Å². The van der Waals surface area contributed by atoms with Crippen LogP contribution in [0, 0.1) is 5.92 Å². The van der Waals surface area contributed by atoms with Crippen molar-refractivity contribution in [1.29, 1.82) is 0 Å². The van der Waals surface area contributed by atoms with Crippen LogP contribution in [0.15, 0.2) is 35.3 Å². The molecular weight excluding hydrogens is 260 g/mol. The van der Waals surface area contributed by atoms with Crippen molar-refractivity contribution in [2.75, 3.05) is 6.54 Å². The number of H-pyrrole nitrogens is 1. The van der Waals surface area contributed by atoms with Crippen LogP contribution >= 0.6 is 12.4 Å². The summed E-state index contributed by atoms with van der Waals surface area (Å²) in [5, 5.41) is 5.29. The van der Waals surface area contributed by atoms with Gasteiger partial charge in [-0.3, -0.25) is 4.79 Å². The Kier molecular flexibility index (Phi) is 5.58. The minimum Gasteiger partial charge on any atom is -0.328 e. The molecule has 2 N–H and O–H groups in total. The highest BCUT2D eigenvalue weighted by molar-refractivity contribution is 5.85. The molecule has 0 bridgehead atoms. The molecule has 0 spiro atoms. The van der Waals surface area contributed by atoms with E-state index in [1.54, 1.807) is 0 Å². The second kappa shape index (κ2) is 6.73. The van der Waals surface area contributed by atoms with Crippen molar-refractivity contribution in [3.05, 3.63) is 46.4 Å². The molecule has 1 aromatic heterocycles. The average Bonchev–Trinajstić information content (AvgIpc) is 2.37. The van der Waals surface area contributed by atoms with E-state index in [0.717, 1.165) is 17.3 Å². The molecule has 0 amide bonds. The number of aromatic nitrogens is 1. The summed E-state index contributed by atoms with van der Waals surface area (Å²) in [6.07, 6.45) is 1.85. The van der Waals surface area contributed by atoms with Gasteiger partial charge in [-0.15, -0.1) is 12.4 Å². The highest BCUT2D eigenvalue weighted by atomic mass is 35.5. The van der Waals surface area contributed by atoms with Gasteiger partial charge in [0.15, 0.2) is 0 Å². The summed E-state index contributed by atoms with van der Waals surface area (Å²) in [4.78, 5) is 14.6. The van der Waals surface area contributed by atoms with Crippen LogP contribution in [0.25, 0.3) is 10.8 Å². The first kappa shape index (κ1) is 15.7. The predicted octanol–water partition coefficient (Wildman–Crippen LogP) is 3.26. The van der Waals surface area contributed by atoms with Crippen molar-refractivity contribution in [2.45, 2.75) is 26.8 Å². The smallest absolute Gasteiger partial charge is 0.255 e. The third-order valence-corrected chi connectivity index (χ3v) is 3.27. The summed E-state index contributed by atoms with van der Waals surface area (Å²) in [7, 11) is 0. The van der Waals surface area contributed by atoms with E-state index < -0.39 is 0 Å². The molecule has 2 aromatic rings. The van der Waals surface area contributed by atoms with E-state index in [1.807, 2.05) is 30.5 Å². The second-order valence-electron chi connectivity index (χ2n) is 4.90. The lowest BCUT2D eigenvalue weighted by Gasteiger charge is -2.23. The topological polar surface area (TPSA) is 44.9 Å². The zero-order valence-electron chi connectivity index (χ0n) is 11.6. The number of hydrogen-bond donors (Lipinski definition) is 2. The van der Waals surface area contributed by atoms with Gasteiger partial charge < -0.3 is 10.3 Å². The van der Waals surface area contributed by atoms with Crippen LogP contribution in [-0.4, -0.2) is 11.5 Å². The van der Waals surface area contributed by atoms with Crippen LogP contribution in [-0.2, 0) is 0 Å². The Balaban J connectivity index is 0.00000180. The zero-order valence-corrected chi connectivity index (χ0v) is 12.4. The Morgan fingerprint density at radius 2 is 1.84 bits per heavy atom. The first-order valence-electron chi connectivity index (χ1n) is 6.48. The number of pyridine rings is 1. The fourth-order valence-electron chi connectivity index (χ4n) is 2.41. The lowest BCUT2D eigenvalue weighted by Crippen LogP contribution is -2.26. The second-order valence-corrected chi connectivity index (χ2v) is 4.90. The number of hydrogen-bond acceptors (Lipinski definition) is 2. The quantitative estimate of drug-likeness (QED) is 0.903. The molecule has 0 aliphatic rings. The predicted molar refractivity (Wildman–Crippen MR) is 83.1 cm³/mol. The van der Waals surface area contributed by atoms with Gasteiger partial charge >= 0.3 is 0 Å². The monoisotopic (exact) mass is 280 g/mol. The number of aromatic amines is 1. The average molecular weight is 281 g/mol. The normalized spacial score (nSPS) is 12.4. The van der Waals surface area contributed by atoms with Gasteiger partial charge in [0, 0.05) is 17.6 Å². The maximum Gasteiger partial charge on any atom is 0.255 e. The number of halogens is 1. The van der Waals surface area contributed by atoms with Gasteiger partial charge in [-0.2, -0.15) is 0 Å². The molecule has 0 saturated carbocycles. The van der Waals surface area contributed by atoms with Crippen LogP contribution in [0.2, 0.25) is 0 Å². The molecule has 1 atom stereocenters. The van der Waals surface area contributed by atoms with Crippen LogP contribution in [0.1, 0.15) is 32.4 Å². The highest BCUT2D eigenvalue weighted by Crippen LogP contribution is 2.26. The zero-order chi connectivity index (χ0) is 13.1. The maximum absolute atomic E-state index is 11.8. The molecule has 3 nitrogen and oxygen atoms in total. The Morgan fingerprint density at radius 1 is 1.21 bits per heavy atom. The minimum absolute atomic E-state index is 0. The fraction of sp³-hybridized carbons (Fsp3) is 0.400. The van der Waals surface area contributed by atoms with Crippen LogP contribution in [0.4, 0.5) is 0 Å². The maximum atomic E-state index is 11.8. The third kappa shape index (κ3) is 3.17. The van der Waals surface area contributed by atoms with Crippen molar-refractivity contribution in [3.8, 4) is 0 Å². The molecule has 2 rings (SSSR count). The molecule has 1 aromatic carbocycles. The van der Waals surface area contributed by atoms with Crippen LogP contribution in [0.5, 0.6) is 0 Å². The van der Waals surface area contributed by atoms with E-state index in [2.05, 4.69) is 31.1 Å². The number of benzene rings is 1. The summed E-state index contributed by atoms with van der Waals surface area (Å²) >= 11 is 0. The van der Waals surface area contributed by atoms with Crippen LogP contribution in [0.3, 0.4) is 0 Å². The van der Waals surface area contributed by atoms with Gasteiger partial charge in [-0.1, -0.05) is 39.0 Å². The summed E-state index contributed by atoms with van der Waals surface area (Å²) in [6, 6.07) is 8.04. The molecule has 4 heteroatoms. The van der Waals surface area contributed by atoms with E-state index in [-0.39, 0.29) is 24.0 Å². The molecule has 104 valence electrons. The Labute approximate surface area is 119 Å². The molecule has 1 unspecified atom stereocenters. The number of fused-ring (bicyclic) bond motifs is 1. The van der Waals surface area contributed by atoms with E-state index in [0.29, 0.717) is 5.92 Å². The first-order chi connectivity index (χ1) is 8.65. The molecular formula is C15H21ClN2O. The first-order valence-corrected chi connectivity index (χ1v) is 6.48. The molecule has 19 heavy (non-hydrogen) atoms. The van der Waals surface area contributed by atoms with Gasteiger partial charge in [0.2, 0.25) is 0 Å². The lowest BCUT2D eigenvalue weighted by atomic mass is 9.93. The summed E-state index contributed by atoms with van der Waals surface area (Å²) < 4.78 is 0.